The highest BCUT2D eigenvalue weighted by Gasteiger charge is 2.21. The molecule has 1 aliphatic heterocycles. The van der Waals surface area contributed by atoms with Crippen LogP contribution in [0, 0.1) is 0 Å². The monoisotopic (exact) mass is 1060 g/mol. The number of aromatic nitrogens is 2. The molecule has 76 heavy (non-hydrogen) atoms. The largest absolute Gasteiger partial charge is 0.673 e. The molecule has 0 spiro atoms. The minimum atomic E-state index is -6.00. The molecule has 0 N–H and O–H groups in total. The van der Waals surface area contributed by atoms with E-state index in [1.54, 1.807) is 0 Å². The third kappa shape index (κ3) is 22.3. The normalized spacial score (nSPS) is 14.3. The zero-order chi connectivity index (χ0) is 53.9. The van der Waals surface area contributed by atoms with Gasteiger partial charge in [0.1, 0.15) is 26.4 Å². The molecular formula is C56H58B2F8N2O8. The van der Waals surface area contributed by atoms with Crippen LogP contribution in [0.2, 0.25) is 0 Å². The summed E-state index contributed by atoms with van der Waals surface area (Å²) in [5, 5.41) is 4.34. The molecule has 2 aromatic heterocycles. The SMILES string of the molecule is F[B-](F)(F)F.F[B-](F)(F)F.c1ccc(-c2ccc[n+](CC[n+]3cccc(-c4ccccc4)c3)c2)cc1.c1ccc2cc3c(cc2c1)OCCOCCOCCOc1cc2ccccc2cc1OCCOCCOCCO3. The Morgan fingerprint density at radius 1 is 0.303 bits per heavy atom. The minimum absolute atomic E-state index is 0.399. The molecule has 8 aromatic rings. The molecule has 20 heteroatoms. The van der Waals surface area contributed by atoms with Crippen molar-refractivity contribution in [3.05, 3.63) is 183 Å². The number of rotatable bonds is 5. The lowest BCUT2D eigenvalue weighted by Gasteiger charge is -2.16. The molecule has 0 aliphatic carbocycles. The first-order chi connectivity index (χ1) is 36.7. The number of hydrogen-bond donors (Lipinski definition) is 0. The molecule has 3 heterocycles. The number of aryl methyl sites for hydroxylation is 2. The third-order valence-electron chi connectivity index (χ3n) is 10.9. The molecule has 0 fully saturated rings. The van der Waals surface area contributed by atoms with Gasteiger partial charge in [-0.15, -0.1) is 0 Å². The van der Waals surface area contributed by atoms with Crippen molar-refractivity contribution >= 4 is 36.1 Å². The van der Waals surface area contributed by atoms with E-state index < -0.39 is 14.5 Å². The van der Waals surface area contributed by atoms with Crippen LogP contribution in [0.4, 0.5) is 34.5 Å². The molecule has 1 aliphatic rings. The summed E-state index contributed by atoms with van der Waals surface area (Å²) in [6.45, 7) is 7.07. The van der Waals surface area contributed by atoms with E-state index in [2.05, 4.69) is 143 Å². The van der Waals surface area contributed by atoms with Crippen molar-refractivity contribution in [3.8, 4) is 45.3 Å². The van der Waals surface area contributed by atoms with E-state index in [0.717, 1.165) is 34.6 Å². The van der Waals surface area contributed by atoms with Gasteiger partial charge in [-0.1, -0.05) is 109 Å². The van der Waals surface area contributed by atoms with Gasteiger partial charge in [0.15, 0.2) is 47.8 Å². The Hall–Kier alpha value is -7.25. The zero-order valence-corrected chi connectivity index (χ0v) is 41.6. The Balaban J connectivity index is 0.000000222. The van der Waals surface area contributed by atoms with Gasteiger partial charge in [0.05, 0.1) is 52.9 Å². The number of benzene rings is 6. The quantitative estimate of drug-likeness (QED) is 0.0958. The van der Waals surface area contributed by atoms with Gasteiger partial charge in [0.2, 0.25) is 13.1 Å². The molecule has 6 aromatic carbocycles. The van der Waals surface area contributed by atoms with Gasteiger partial charge in [-0.2, -0.15) is 9.13 Å². The summed E-state index contributed by atoms with van der Waals surface area (Å²) in [5.74, 6) is 2.73. The molecule has 0 radical (unpaired) electrons. The van der Waals surface area contributed by atoms with Crippen LogP contribution >= 0.6 is 0 Å². The van der Waals surface area contributed by atoms with Gasteiger partial charge in [-0.05, 0) is 69.1 Å². The molecule has 0 bridgehead atoms. The van der Waals surface area contributed by atoms with Crippen LogP contribution in [-0.2, 0) is 32.0 Å². The van der Waals surface area contributed by atoms with Crippen LogP contribution < -0.4 is 28.1 Å². The highest BCUT2D eigenvalue weighted by Crippen LogP contribution is 2.34. The van der Waals surface area contributed by atoms with Gasteiger partial charge in [-0.25, -0.2) is 0 Å². The maximum atomic E-state index is 9.75. The Bertz CT molecular complexity index is 2630. The number of fused-ring (bicyclic) bond motifs is 4. The average molecular weight is 1060 g/mol. The molecule has 402 valence electrons. The van der Waals surface area contributed by atoms with Gasteiger partial charge < -0.3 is 72.4 Å². The van der Waals surface area contributed by atoms with Crippen LogP contribution in [-0.4, -0.2) is 93.8 Å². The Morgan fingerprint density at radius 2 is 0.539 bits per heavy atom. The summed E-state index contributed by atoms with van der Waals surface area (Å²) in [4.78, 5) is 0. The summed E-state index contributed by atoms with van der Waals surface area (Å²) in [7, 11) is -12.0. The second-order valence-corrected chi connectivity index (χ2v) is 16.5. The van der Waals surface area contributed by atoms with Gasteiger partial charge >= 0.3 is 14.5 Å². The van der Waals surface area contributed by atoms with E-state index in [4.69, 9.17) is 37.9 Å². The number of halogens is 8. The van der Waals surface area contributed by atoms with E-state index >= 15 is 0 Å². The molecule has 9 rings (SSSR count). The second-order valence-electron chi connectivity index (χ2n) is 16.5. The van der Waals surface area contributed by atoms with Crippen molar-refractivity contribution in [2.24, 2.45) is 0 Å². The summed E-state index contributed by atoms with van der Waals surface area (Å²) in [6, 6.07) is 53.8. The van der Waals surface area contributed by atoms with Crippen LogP contribution in [0.5, 0.6) is 23.0 Å². The third-order valence-corrected chi connectivity index (χ3v) is 10.9. The van der Waals surface area contributed by atoms with Gasteiger partial charge in [0, 0.05) is 23.3 Å². The van der Waals surface area contributed by atoms with Crippen LogP contribution in [0.25, 0.3) is 43.8 Å². The van der Waals surface area contributed by atoms with Crippen LogP contribution in [0.1, 0.15) is 0 Å². The highest BCUT2D eigenvalue weighted by atomic mass is 19.5. The van der Waals surface area contributed by atoms with E-state index in [1.807, 2.05) is 48.5 Å². The van der Waals surface area contributed by atoms with Crippen molar-refractivity contribution < 1.29 is 81.6 Å². The van der Waals surface area contributed by atoms with Gasteiger partial charge in [0.25, 0.3) is 0 Å². The number of hydrogen-bond acceptors (Lipinski definition) is 8. The Labute approximate surface area is 436 Å². The lowest BCUT2D eigenvalue weighted by Crippen LogP contribution is -2.44. The summed E-state index contributed by atoms with van der Waals surface area (Å²) >= 11 is 0. The predicted molar refractivity (Wildman–Crippen MR) is 278 cm³/mol. The fourth-order valence-electron chi connectivity index (χ4n) is 7.49. The van der Waals surface area contributed by atoms with Gasteiger partial charge in [-0.3, -0.25) is 0 Å². The van der Waals surface area contributed by atoms with Crippen LogP contribution in [0.15, 0.2) is 183 Å². The smallest absolute Gasteiger partial charge is 0.487 e. The first kappa shape index (κ1) is 58.0. The van der Waals surface area contributed by atoms with Crippen molar-refractivity contribution in [1.82, 2.24) is 0 Å². The first-order valence-corrected chi connectivity index (χ1v) is 24.5. The first-order valence-electron chi connectivity index (χ1n) is 24.5. The summed E-state index contributed by atoms with van der Waals surface area (Å²) in [5.41, 5.74) is 4.99. The fraction of sp³-hybridized carbons (Fsp3) is 0.250. The second kappa shape index (κ2) is 31.0. The van der Waals surface area contributed by atoms with Crippen molar-refractivity contribution in [1.29, 1.82) is 0 Å². The molecule has 0 saturated heterocycles. The summed E-state index contributed by atoms with van der Waals surface area (Å²) in [6.07, 6.45) is 8.70. The maximum absolute atomic E-state index is 9.75. The van der Waals surface area contributed by atoms with Crippen LogP contribution in [0.3, 0.4) is 0 Å². The number of pyridine rings is 2. The Kier molecular flexibility index (Phi) is 23.6. The lowest BCUT2D eigenvalue weighted by atomic mass is 10.1. The molecule has 0 amide bonds. The standard InChI is InChI=1S/C32H36O8.C24H22N2.2BF4/c1-2-6-26-22-30-29(21-25(26)5-1)37-17-13-33-9-10-35-15-19-39-31-23-27-7-3-4-8-28(27)24-32(31)40-20-16-36-12-11-34-14-18-38-30;1-3-9-21(10-4-1)23-13-7-15-25(19-23)17-18-26-16-8-14-24(20-26)22-11-5-2-6-12-22;2*2-1(3,4)5/h1-8,21-24H,9-20H2;1-16,19-20H,17-18H2;;/q;+2;2*-1. The molecule has 10 nitrogen and oxygen atoms in total. The maximum Gasteiger partial charge on any atom is 0.673 e. The highest BCUT2D eigenvalue weighted by molar-refractivity contribution is 6.50. The molecule has 0 unspecified atom stereocenters. The van der Waals surface area contributed by atoms with Crippen molar-refractivity contribution in [2.75, 3.05) is 79.3 Å². The fourth-order valence-corrected chi connectivity index (χ4v) is 7.49. The van der Waals surface area contributed by atoms with E-state index in [9.17, 15) is 34.5 Å². The van der Waals surface area contributed by atoms with Crippen molar-refractivity contribution in [2.45, 2.75) is 13.1 Å². The molecular weight excluding hydrogens is 1000 g/mol. The van der Waals surface area contributed by atoms with E-state index in [-0.39, 0.29) is 0 Å². The Morgan fingerprint density at radius 3 is 0.816 bits per heavy atom. The van der Waals surface area contributed by atoms with E-state index in [1.165, 1.54) is 22.3 Å². The average Bonchev–Trinajstić information content (AvgIpc) is 3.41. The predicted octanol–water partition coefficient (Wildman–Crippen LogP) is 12.2. The number of ether oxygens (including phenoxy) is 8. The molecule has 0 saturated carbocycles. The zero-order valence-electron chi connectivity index (χ0n) is 41.6. The van der Waals surface area contributed by atoms with E-state index in [0.29, 0.717) is 102 Å². The van der Waals surface area contributed by atoms with Crippen molar-refractivity contribution in [3.63, 3.8) is 0 Å². The number of nitrogens with zero attached hydrogens (tertiary/aromatic N) is 2. The molecule has 0 atom stereocenters. The topological polar surface area (TPSA) is 81.6 Å². The summed E-state index contributed by atoms with van der Waals surface area (Å²) < 4.78 is 129. The minimum Gasteiger partial charge on any atom is -0.487 e. The lowest BCUT2D eigenvalue weighted by molar-refractivity contribution is -0.778.